The fourth-order valence-electron chi connectivity index (χ4n) is 7.18. The molecule has 5 heterocycles. The van der Waals surface area contributed by atoms with Gasteiger partial charge in [0.15, 0.2) is 0 Å². The van der Waals surface area contributed by atoms with E-state index in [1.807, 2.05) is 0 Å². The van der Waals surface area contributed by atoms with Gasteiger partial charge in [-0.05, 0) is 82.8 Å². The van der Waals surface area contributed by atoms with Crippen LogP contribution in [0.25, 0.3) is 90.9 Å². The number of hydrogen-bond acceptors (Lipinski definition) is 2. The topological polar surface area (TPSA) is 57.4 Å². The first kappa shape index (κ1) is 31.2. The maximum absolute atomic E-state index is 5.41. The molecule has 5 heteroatoms. The Kier molecular flexibility index (Phi) is 8.26. The second-order valence-electron chi connectivity index (χ2n) is 12.7. The van der Waals surface area contributed by atoms with Gasteiger partial charge in [0.2, 0.25) is 0 Å². The lowest BCUT2D eigenvalue weighted by Gasteiger charge is -2.07. The van der Waals surface area contributed by atoms with Crippen molar-refractivity contribution in [2.45, 2.75) is 6.42 Å². The van der Waals surface area contributed by atoms with E-state index in [2.05, 4.69) is 196 Å². The summed E-state index contributed by atoms with van der Waals surface area (Å²) in [5.41, 5.74) is 17.6. The summed E-state index contributed by atoms with van der Waals surface area (Å²) in [5, 5.41) is 0. The molecule has 0 saturated carbocycles. The molecule has 3 aromatic heterocycles. The highest BCUT2D eigenvalue weighted by molar-refractivity contribution is 14.1. The van der Waals surface area contributed by atoms with Crippen molar-refractivity contribution in [3.63, 3.8) is 0 Å². The number of aromatic nitrogens is 4. The van der Waals surface area contributed by atoms with Gasteiger partial charge in [-0.3, -0.25) is 0 Å². The molecule has 4 nitrogen and oxygen atoms in total. The number of alkyl halides is 1. The van der Waals surface area contributed by atoms with Gasteiger partial charge < -0.3 is 9.97 Å². The molecule has 2 aliphatic rings. The van der Waals surface area contributed by atoms with Crippen molar-refractivity contribution in [2.24, 2.45) is 0 Å². The Morgan fingerprint density at radius 3 is 1.00 bits per heavy atom. The first-order valence-electron chi connectivity index (χ1n) is 17.2. The van der Waals surface area contributed by atoms with Crippen LogP contribution in [0.3, 0.4) is 0 Å². The molecule has 7 aromatic rings. The van der Waals surface area contributed by atoms with Crippen LogP contribution in [0.2, 0.25) is 0 Å². The van der Waals surface area contributed by atoms with Gasteiger partial charge in [-0.15, -0.1) is 0 Å². The fourth-order valence-corrected chi connectivity index (χ4v) is 7.80. The quantitative estimate of drug-likeness (QED) is 0.131. The van der Waals surface area contributed by atoms with Crippen LogP contribution in [0.15, 0.2) is 140 Å². The molecule has 244 valence electrons. The standard InChI is InChI=1S/C46H33IN4/c47-29-28-30-16-18-34(19-17-30)46-41-26-24-39(50-41)44(32-12-6-2-7-13-32)37-22-20-35(48-37)43(31-10-4-1-5-11-31)36-21-23-38(49-36)45(33-14-8-3-9-15-33)40-25-27-42(46)51-40/h1-27,48,51H,28-29H2. The Hall–Kier alpha value is -5.79. The van der Waals surface area contributed by atoms with Gasteiger partial charge in [-0.25, -0.2) is 9.97 Å². The van der Waals surface area contributed by atoms with E-state index in [0.717, 1.165) is 100 Å². The third-order valence-corrected chi connectivity index (χ3v) is 10.1. The molecule has 0 saturated heterocycles. The number of benzene rings is 4. The summed E-state index contributed by atoms with van der Waals surface area (Å²) in [5.74, 6) is 0. The Morgan fingerprint density at radius 2 is 0.686 bits per heavy atom. The van der Waals surface area contributed by atoms with Gasteiger partial charge in [0.05, 0.1) is 22.8 Å². The number of rotatable bonds is 6. The summed E-state index contributed by atoms with van der Waals surface area (Å²) in [4.78, 5) is 18.4. The smallest absolute Gasteiger partial charge is 0.0737 e. The van der Waals surface area contributed by atoms with Crippen molar-refractivity contribution in [2.75, 3.05) is 4.43 Å². The molecule has 0 unspecified atom stereocenters. The zero-order valence-corrected chi connectivity index (χ0v) is 29.9. The number of hydrogen-bond donors (Lipinski definition) is 2. The lowest BCUT2D eigenvalue weighted by molar-refractivity contribution is 1.18. The number of aryl methyl sites for hydroxylation is 1. The van der Waals surface area contributed by atoms with Gasteiger partial charge in [0, 0.05) is 48.7 Å². The van der Waals surface area contributed by atoms with E-state index in [1.54, 1.807) is 0 Å². The number of aromatic amines is 2. The lowest BCUT2D eigenvalue weighted by atomic mass is 10.0. The van der Waals surface area contributed by atoms with Crippen LogP contribution in [0.5, 0.6) is 0 Å². The number of nitrogens with one attached hydrogen (secondary N) is 2. The molecule has 51 heavy (non-hydrogen) atoms. The minimum absolute atomic E-state index is 0.908. The van der Waals surface area contributed by atoms with Gasteiger partial charge in [0.1, 0.15) is 0 Å². The van der Waals surface area contributed by atoms with Crippen molar-refractivity contribution in [3.8, 4) is 44.5 Å². The molecule has 0 spiro atoms. The minimum Gasteiger partial charge on any atom is -0.354 e. The molecular weight excluding hydrogens is 735 g/mol. The summed E-state index contributed by atoms with van der Waals surface area (Å²) < 4.78 is 1.08. The molecule has 4 aromatic carbocycles. The Bertz CT molecular complexity index is 2580. The van der Waals surface area contributed by atoms with Gasteiger partial charge in [0.25, 0.3) is 0 Å². The van der Waals surface area contributed by atoms with E-state index in [4.69, 9.17) is 9.97 Å². The largest absolute Gasteiger partial charge is 0.354 e. The van der Waals surface area contributed by atoms with E-state index in [-0.39, 0.29) is 0 Å². The number of halogens is 1. The van der Waals surface area contributed by atoms with E-state index < -0.39 is 0 Å². The summed E-state index contributed by atoms with van der Waals surface area (Å²) in [6, 6.07) is 49.3. The van der Waals surface area contributed by atoms with Crippen LogP contribution in [-0.4, -0.2) is 24.4 Å². The lowest BCUT2D eigenvalue weighted by Crippen LogP contribution is -1.90. The van der Waals surface area contributed by atoms with Crippen molar-refractivity contribution in [1.82, 2.24) is 19.9 Å². The van der Waals surface area contributed by atoms with Crippen LogP contribution >= 0.6 is 22.6 Å². The summed E-state index contributed by atoms with van der Waals surface area (Å²) >= 11 is 2.44. The second-order valence-corrected chi connectivity index (χ2v) is 13.8. The maximum Gasteiger partial charge on any atom is 0.0737 e. The predicted octanol–water partition coefficient (Wildman–Crippen LogP) is 12.3. The molecule has 9 rings (SSSR count). The van der Waals surface area contributed by atoms with Gasteiger partial charge in [-0.1, -0.05) is 138 Å². The van der Waals surface area contributed by atoms with Crippen molar-refractivity contribution < 1.29 is 0 Å². The van der Waals surface area contributed by atoms with Gasteiger partial charge in [-0.2, -0.15) is 0 Å². The van der Waals surface area contributed by atoms with E-state index in [1.165, 1.54) is 5.56 Å². The van der Waals surface area contributed by atoms with Crippen LogP contribution in [0.4, 0.5) is 0 Å². The Labute approximate surface area is 310 Å². The molecule has 0 atom stereocenters. The highest BCUT2D eigenvalue weighted by atomic mass is 127. The molecule has 0 amide bonds. The molecule has 0 radical (unpaired) electrons. The monoisotopic (exact) mass is 768 g/mol. The van der Waals surface area contributed by atoms with Crippen molar-refractivity contribution >= 4 is 69.0 Å². The first-order chi connectivity index (χ1) is 25.2. The molecule has 2 aliphatic heterocycles. The molecule has 0 fully saturated rings. The highest BCUT2D eigenvalue weighted by Crippen LogP contribution is 2.38. The zero-order chi connectivity index (χ0) is 34.1. The Balaban J connectivity index is 1.45. The molecular formula is C46H33IN4. The Morgan fingerprint density at radius 1 is 0.373 bits per heavy atom. The minimum atomic E-state index is 0.908. The summed E-state index contributed by atoms with van der Waals surface area (Å²) in [6.45, 7) is 0. The summed E-state index contributed by atoms with van der Waals surface area (Å²) in [7, 11) is 0. The molecule has 8 bridgehead atoms. The third-order valence-electron chi connectivity index (χ3n) is 9.57. The number of H-pyrrole nitrogens is 2. The molecule has 0 aliphatic carbocycles. The van der Waals surface area contributed by atoms with E-state index in [0.29, 0.717) is 0 Å². The second kappa shape index (κ2) is 13.5. The maximum atomic E-state index is 5.41. The van der Waals surface area contributed by atoms with Crippen LogP contribution in [0, 0.1) is 0 Å². The SMILES string of the molecule is ICCc1ccc(-c2c3nc(c(-c4ccccc4)c4ccc([nH]4)c(-c4ccccc4)c4nc(c(-c5ccccc5)c5ccc2[nH]5)C=C4)C=C3)cc1. The average molecular weight is 769 g/mol. The van der Waals surface area contributed by atoms with E-state index in [9.17, 15) is 0 Å². The van der Waals surface area contributed by atoms with Crippen molar-refractivity contribution in [3.05, 3.63) is 168 Å². The van der Waals surface area contributed by atoms with Gasteiger partial charge >= 0.3 is 0 Å². The molecule has 2 N–H and O–H groups in total. The number of fused-ring (bicyclic) bond motifs is 8. The third kappa shape index (κ3) is 5.93. The van der Waals surface area contributed by atoms with Crippen molar-refractivity contribution in [1.29, 1.82) is 0 Å². The van der Waals surface area contributed by atoms with Crippen LogP contribution in [0.1, 0.15) is 28.3 Å². The fraction of sp³-hybridized carbons (Fsp3) is 0.0435. The zero-order valence-electron chi connectivity index (χ0n) is 27.8. The first-order valence-corrected chi connectivity index (χ1v) is 18.7. The summed E-state index contributed by atoms with van der Waals surface area (Å²) in [6.07, 6.45) is 9.64. The van der Waals surface area contributed by atoms with Crippen LogP contribution in [-0.2, 0) is 6.42 Å². The normalized spacial score (nSPS) is 12.0. The van der Waals surface area contributed by atoms with E-state index >= 15 is 0 Å². The number of nitrogens with zero attached hydrogens (tertiary/aromatic N) is 2. The average Bonchev–Trinajstić information content (AvgIpc) is 4.02. The highest BCUT2D eigenvalue weighted by Gasteiger charge is 2.18. The van der Waals surface area contributed by atoms with Crippen LogP contribution < -0.4 is 0 Å². The predicted molar refractivity (Wildman–Crippen MR) is 223 cm³/mol.